The number of furan rings is 1. The van der Waals surface area contributed by atoms with Crippen LogP contribution in [0.25, 0.3) is 99.8 Å². The van der Waals surface area contributed by atoms with Crippen LogP contribution in [0, 0.1) is 0 Å². The van der Waals surface area contributed by atoms with Crippen molar-refractivity contribution in [2.45, 2.75) is 0 Å². The summed E-state index contributed by atoms with van der Waals surface area (Å²) in [5.41, 5.74) is 22.8. The Morgan fingerprint density at radius 2 is 0.786 bits per heavy atom. The van der Waals surface area contributed by atoms with Gasteiger partial charge >= 0.3 is 0 Å². The molecule has 1 heterocycles. The maximum Gasteiger partial charge on any atom is 0.137 e. The summed E-state index contributed by atoms with van der Waals surface area (Å²) in [6, 6.07) is 72.8. The number of para-hydroxylation sites is 1. The van der Waals surface area contributed by atoms with Gasteiger partial charge in [-0.15, -0.1) is 0 Å². The van der Waals surface area contributed by atoms with E-state index in [0.29, 0.717) is 0 Å². The second-order valence-electron chi connectivity index (χ2n) is 14.8. The van der Waals surface area contributed by atoms with Gasteiger partial charge < -0.3 is 9.32 Å². The SMILES string of the molecule is c1ccc(-c2ccc(N(c3ccc(-c4ccc5c(c4)-c4c6cccc4-c4cccc-5c4-c4ccccc4-6)cc3)c3cccc4oc5ccccc5c34)cc2)cc1. The van der Waals surface area contributed by atoms with Gasteiger partial charge in [0.25, 0.3) is 0 Å². The van der Waals surface area contributed by atoms with E-state index < -0.39 is 0 Å². The van der Waals surface area contributed by atoms with Crippen LogP contribution in [0.3, 0.4) is 0 Å². The smallest absolute Gasteiger partial charge is 0.137 e. The lowest BCUT2D eigenvalue weighted by atomic mass is 9.83. The van der Waals surface area contributed by atoms with Gasteiger partial charge in [0.05, 0.1) is 11.1 Å². The molecule has 1 aromatic heterocycles. The molecule has 0 atom stereocenters. The molecular formula is C54H33NO. The van der Waals surface area contributed by atoms with E-state index in [1.165, 1.54) is 77.9 Å². The summed E-state index contributed by atoms with van der Waals surface area (Å²) in [5, 5.41) is 2.21. The van der Waals surface area contributed by atoms with Gasteiger partial charge in [-0.3, -0.25) is 0 Å². The largest absolute Gasteiger partial charge is 0.456 e. The fraction of sp³-hybridized carbons (Fsp3) is 0. The molecule has 0 spiro atoms. The van der Waals surface area contributed by atoms with E-state index in [-0.39, 0.29) is 0 Å². The number of fused-ring (bicyclic) bond motifs is 7. The zero-order valence-corrected chi connectivity index (χ0v) is 30.4. The average molecular weight is 712 g/mol. The minimum Gasteiger partial charge on any atom is -0.456 e. The highest BCUT2D eigenvalue weighted by Crippen LogP contribution is 2.57. The van der Waals surface area contributed by atoms with Crippen molar-refractivity contribution >= 4 is 39.0 Å². The Morgan fingerprint density at radius 3 is 1.50 bits per heavy atom. The molecule has 0 N–H and O–H groups in total. The topological polar surface area (TPSA) is 16.4 Å². The molecule has 2 nitrogen and oxygen atoms in total. The summed E-state index contributed by atoms with van der Waals surface area (Å²) in [6.07, 6.45) is 0. The second-order valence-corrected chi connectivity index (χ2v) is 14.8. The molecule has 12 rings (SSSR count). The molecule has 0 radical (unpaired) electrons. The lowest BCUT2D eigenvalue weighted by Crippen LogP contribution is -2.10. The van der Waals surface area contributed by atoms with Crippen LogP contribution < -0.4 is 4.90 Å². The molecule has 260 valence electrons. The van der Waals surface area contributed by atoms with Crippen LogP contribution in [0.2, 0.25) is 0 Å². The molecule has 0 saturated carbocycles. The summed E-state index contributed by atoms with van der Waals surface area (Å²) in [5.74, 6) is 0. The summed E-state index contributed by atoms with van der Waals surface area (Å²) < 4.78 is 6.38. The molecule has 2 aliphatic rings. The van der Waals surface area contributed by atoms with Crippen LogP contribution in [-0.4, -0.2) is 0 Å². The molecule has 0 amide bonds. The van der Waals surface area contributed by atoms with Gasteiger partial charge in [0.1, 0.15) is 11.2 Å². The fourth-order valence-corrected chi connectivity index (χ4v) is 9.29. The normalized spacial score (nSPS) is 11.9. The van der Waals surface area contributed by atoms with Crippen LogP contribution in [0.5, 0.6) is 0 Å². The van der Waals surface area contributed by atoms with Crippen molar-refractivity contribution in [3.63, 3.8) is 0 Å². The highest BCUT2D eigenvalue weighted by molar-refractivity contribution is 6.16. The minimum atomic E-state index is 0.875. The maximum absolute atomic E-state index is 6.38. The monoisotopic (exact) mass is 711 g/mol. The molecule has 56 heavy (non-hydrogen) atoms. The molecule has 0 unspecified atom stereocenters. The van der Waals surface area contributed by atoms with Crippen LogP contribution in [0.15, 0.2) is 205 Å². The van der Waals surface area contributed by atoms with Crippen LogP contribution in [-0.2, 0) is 0 Å². The summed E-state index contributed by atoms with van der Waals surface area (Å²) in [4.78, 5) is 2.36. The lowest BCUT2D eigenvalue weighted by Gasteiger charge is -2.27. The zero-order valence-electron chi connectivity index (χ0n) is 30.4. The van der Waals surface area contributed by atoms with Crippen LogP contribution in [0.4, 0.5) is 17.1 Å². The Bertz CT molecular complexity index is 3150. The number of hydrogen-bond donors (Lipinski definition) is 0. The summed E-state index contributed by atoms with van der Waals surface area (Å²) in [6.45, 7) is 0. The quantitative estimate of drug-likeness (QED) is 0.177. The van der Waals surface area contributed by atoms with Crippen molar-refractivity contribution in [2.24, 2.45) is 0 Å². The third-order valence-corrected chi connectivity index (χ3v) is 11.8. The molecule has 9 aromatic carbocycles. The highest BCUT2D eigenvalue weighted by Gasteiger charge is 2.30. The molecular weight excluding hydrogens is 679 g/mol. The van der Waals surface area contributed by atoms with Gasteiger partial charge in [-0.25, -0.2) is 0 Å². The molecule has 2 heteroatoms. The van der Waals surface area contributed by atoms with Crippen LogP contribution in [0.1, 0.15) is 0 Å². The maximum atomic E-state index is 6.38. The van der Waals surface area contributed by atoms with Gasteiger partial charge in [-0.2, -0.15) is 0 Å². The van der Waals surface area contributed by atoms with Crippen molar-refractivity contribution in [2.75, 3.05) is 4.90 Å². The number of hydrogen-bond acceptors (Lipinski definition) is 2. The van der Waals surface area contributed by atoms with E-state index >= 15 is 0 Å². The van der Waals surface area contributed by atoms with Gasteiger partial charge in [-0.05, 0) is 126 Å². The second kappa shape index (κ2) is 12.0. The number of nitrogens with zero attached hydrogens (tertiary/aromatic N) is 1. The van der Waals surface area contributed by atoms with Crippen molar-refractivity contribution in [1.29, 1.82) is 0 Å². The fourth-order valence-electron chi connectivity index (χ4n) is 9.29. The predicted molar refractivity (Wildman–Crippen MR) is 234 cm³/mol. The Labute approximate surface area is 325 Å². The Kier molecular flexibility index (Phi) is 6.66. The molecule has 0 aliphatic heterocycles. The standard InChI is InChI=1S/C54H33NO/c1-2-11-34(12-3-1)35-23-28-38(29-24-35)55(49-20-10-22-51-54(49)47-15-6-7-21-50(47)56-51)39-30-25-36(26-31-39)37-27-32-41-44-17-9-18-45-46-19-8-16-43(53(46)48(41)33-37)40-13-4-5-14-42(40)52(44)45/h1-33H. The van der Waals surface area contributed by atoms with Crippen molar-refractivity contribution < 1.29 is 4.42 Å². The zero-order chi connectivity index (χ0) is 36.7. The predicted octanol–water partition coefficient (Wildman–Crippen LogP) is 15.4. The van der Waals surface area contributed by atoms with Gasteiger partial charge in [0.2, 0.25) is 0 Å². The summed E-state index contributed by atoms with van der Waals surface area (Å²) >= 11 is 0. The lowest BCUT2D eigenvalue weighted by molar-refractivity contribution is 0.669. The molecule has 0 fully saturated rings. The Balaban J connectivity index is 1.00. The third-order valence-electron chi connectivity index (χ3n) is 11.8. The minimum absolute atomic E-state index is 0.875. The number of rotatable bonds is 5. The molecule has 2 aliphatic carbocycles. The first-order chi connectivity index (χ1) is 27.8. The van der Waals surface area contributed by atoms with Crippen molar-refractivity contribution in [3.05, 3.63) is 200 Å². The van der Waals surface area contributed by atoms with E-state index in [0.717, 1.165) is 39.0 Å². The first kappa shape index (κ1) is 31.0. The van der Waals surface area contributed by atoms with E-state index in [1.807, 2.05) is 12.1 Å². The summed E-state index contributed by atoms with van der Waals surface area (Å²) in [7, 11) is 0. The van der Waals surface area contributed by atoms with E-state index in [1.54, 1.807) is 0 Å². The Morgan fingerprint density at radius 1 is 0.304 bits per heavy atom. The van der Waals surface area contributed by atoms with Crippen LogP contribution >= 0.6 is 0 Å². The van der Waals surface area contributed by atoms with Gasteiger partial charge in [0, 0.05) is 16.8 Å². The van der Waals surface area contributed by atoms with E-state index in [4.69, 9.17) is 4.42 Å². The number of anilines is 3. The van der Waals surface area contributed by atoms with Gasteiger partial charge in [0.15, 0.2) is 0 Å². The van der Waals surface area contributed by atoms with E-state index in [9.17, 15) is 0 Å². The Hall–Kier alpha value is -7.42. The van der Waals surface area contributed by atoms with Crippen molar-refractivity contribution in [1.82, 2.24) is 0 Å². The third kappa shape index (κ3) is 4.57. The first-order valence-corrected chi connectivity index (χ1v) is 19.3. The number of benzene rings is 9. The van der Waals surface area contributed by atoms with Gasteiger partial charge in [-0.1, -0.05) is 152 Å². The first-order valence-electron chi connectivity index (χ1n) is 19.3. The highest BCUT2D eigenvalue weighted by atomic mass is 16.3. The van der Waals surface area contributed by atoms with Crippen molar-refractivity contribution in [3.8, 4) is 77.9 Å². The molecule has 10 aromatic rings. The average Bonchev–Trinajstić information content (AvgIpc) is 3.61. The van der Waals surface area contributed by atoms with E-state index in [2.05, 4.69) is 193 Å². The molecule has 0 saturated heterocycles. The molecule has 6 bridgehead atoms.